The summed E-state index contributed by atoms with van der Waals surface area (Å²) in [6.45, 7) is 8.72. The van der Waals surface area contributed by atoms with Gasteiger partial charge in [0.15, 0.2) is 11.5 Å². The summed E-state index contributed by atoms with van der Waals surface area (Å²) >= 11 is 0. The lowest BCUT2D eigenvalue weighted by Gasteiger charge is -2.44. The molecule has 2 aliphatic carbocycles. The van der Waals surface area contributed by atoms with E-state index in [0.29, 0.717) is 23.9 Å². The Morgan fingerprint density at radius 3 is 2.58 bits per heavy atom. The second kappa shape index (κ2) is 9.38. The van der Waals surface area contributed by atoms with E-state index >= 15 is 0 Å². The number of fused-ring (bicyclic) bond motifs is 2. The van der Waals surface area contributed by atoms with Crippen LogP contribution in [0.2, 0.25) is 0 Å². The van der Waals surface area contributed by atoms with Crippen LogP contribution in [0, 0.1) is 17.8 Å². The Kier molecular flexibility index (Phi) is 6.02. The van der Waals surface area contributed by atoms with Crippen molar-refractivity contribution in [2.45, 2.75) is 77.2 Å². The first-order valence-electron chi connectivity index (χ1n) is 14.7. The Balaban J connectivity index is 1.32. The Bertz CT molecular complexity index is 1600. The van der Waals surface area contributed by atoms with Gasteiger partial charge in [-0.3, -0.25) is 4.79 Å². The van der Waals surface area contributed by atoms with Crippen LogP contribution >= 0.6 is 0 Å². The topological polar surface area (TPSA) is 104 Å². The predicted octanol–water partition coefficient (Wildman–Crippen LogP) is 4.48. The van der Waals surface area contributed by atoms with Gasteiger partial charge < -0.3 is 24.5 Å². The third-order valence-electron chi connectivity index (χ3n) is 9.68. The molecule has 3 fully saturated rings. The van der Waals surface area contributed by atoms with Crippen molar-refractivity contribution in [3.05, 3.63) is 42.2 Å². The molecular weight excluding hydrogens is 502 g/mol. The summed E-state index contributed by atoms with van der Waals surface area (Å²) in [6, 6.07) is 8.21. The molecule has 1 aliphatic heterocycles. The van der Waals surface area contributed by atoms with Crippen LogP contribution in [0.25, 0.3) is 33.7 Å². The van der Waals surface area contributed by atoms with Gasteiger partial charge in [-0.2, -0.15) is 0 Å². The number of likely N-dealkylation sites (tertiary alicyclic amines) is 1. The normalized spacial score (nSPS) is 28.5. The van der Waals surface area contributed by atoms with Crippen molar-refractivity contribution in [1.29, 1.82) is 0 Å². The zero-order valence-corrected chi connectivity index (χ0v) is 23.9. The SMILES string of the molecule is COC1(C)CC(Cn2c(-c3cc4cccnc4n3CC3CC3)nc3cc(C(=O)N4C[C@@H](C)[C@@H](N)[C@H]4C)cnc32)C1. The van der Waals surface area contributed by atoms with E-state index in [9.17, 15) is 4.79 Å². The highest BCUT2D eigenvalue weighted by atomic mass is 16.5. The molecule has 2 N–H and O–H groups in total. The lowest BCUT2D eigenvalue weighted by atomic mass is 9.72. The maximum absolute atomic E-state index is 13.6. The van der Waals surface area contributed by atoms with Crippen molar-refractivity contribution < 1.29 is 9.53 Å². The largest absolute Gasteiger partial charge is 0.379 e. The third-order valence-corrected chi connectivity index (χ3v) is 9.68. The number of amides is 1. The Morgan fingerprint density at radius 2 is 1.88 bits per heavy atom. The summed E-state index contributed by atoms with van der Waals surface area (Å²) in [5.74, 6) is 2.28. The lowest BCUT2D eigenvalue weighted by Crippen LogP contribution is -2.44. The van der Waals surface area contributed by atoms with Gasteiger partial charge in [0, 0.05) is 56.6 Å². The van der Waals surface area contributed by atoms with Gasteiger partial charge in [0.1, 0.15) is 11.2 Å². The molecule has 4 aromatic heterocycles. The average Bonchev–Trinajstić information content (AvgIpc) is 3.52. The fourth-order valence-electron chi connectivity index (χ4n) is 6.94. The monoisotopic (exact) mass is 541 g/mol. The number of pyridine rings is 2. The Labute approximate surface area is 234 Å². The number of methoxy groups -OCH3 is 1. The summed E-state index contributed by atoms with van der Waals surface area (Å²) in [5.41, 5.74) is 10.5. The van der Waals surface area contributed by atoms with Crippen molar-refractivity contribution in [3.8, 4) is 11.5 Å². The van der Waals surface area contributed by atoms with Gasteiger partial charge in [-0.1, -0.05) is 6.92 Å². The molecule has 0 radical (unpaired) electrons. The van der Waals surface area contributed by atoms with Crippen LogP contribution in [0.1, 0.15) is 56.8 Å². The molecule has 4 aromatic rings. The number of nitrogens with two attached hydrogens (primary N) is 1. The minimum Gasteiger partial charge on any atom is -0.379 e. The Hall–Kier alpha value is -3.30. The van der Waals surface area contributed by atoms with Crippen LogP contribution in [-0.4, -0.2) is 66.2 Å². The van der Waals surface area contributed by atoms with Gasteiger partial charge in [-0.15, -0.1) is 0 Å². The number of rotatable bonds is 7. The molecule has 3 aliphatic rings. The van der Waals surface area contributed by atoms with E-state index in [1.54, 1.807) is 13.3 Å². The highest BCUT2D eigenvalue weighted by molar-refractivity contribution is 5.97. The minimum absolute atomic E-state index is 0.00865. The van der Waals surface area contributed by atoms with Crippen molar-refractivity contribution in [1.82, 2.24) is 29.0 Å². The molecule has 9 heteroatoms. The van der Waals surface area contributed by atoms with Crippen LogP contribution in [0.5, 0.6) is 0 Å². The maximum Gasteiger partial charge on any atom is 0.255 e. The molecule has 1 amide bonds. The lowest BCUT2D eigenvalue weighted by molar-refractivity contribution is -0.0937. The van der Waals surface area contributed by atoms with Crippen LogP contribution in [0.15, 0.2) is 36.7 Å². The minimum atomic E-state index is -0.0660. The van der Waals surface area contributed by atoms with E-state index in [1.807, 2.05) is 30.2 Å². The maximum atomic E-state index is 13.6. The summed E-state index contributed by atoms with van der Waals surface area (Å²) in [5, 5.41) is 1.12. The van der Waals surface area contributed by atoms with Crippen molar-refractivity contribution in [2.24, 2.45) is 23.5 Å². The van der Waals surface area contributed by atoms with Gasteiger partial charge in [-0.05, 0) is 81.5 Å². The number of hydrogen-bond acceptors (Lipinski definition) is 6. The summed E-state index contributed by atoms with van der Waals surface area (Å²) in [4.78, 5) is 30.2. The van der Waals surface area contributed by atoms with Gasteiger partial charge >= 0.3 is 0 Å². The van der Waals surface area contributed by atoms with Gasteiger partial charge in [0.25, 0.3) is 5.91 Å². The van der Waals surface area contributed by atoms with Gasteiger partial charge in [-0.25, -0.2) is 15.0 Å². The first kappa shape index (κ1) is 25.7. The molecule has 9 nitrogen and oxygen atoms in total. The molecule has 0 spiro atoms. The first-order valence-corrected chi connectivity index (χ1v) is 14.7. The number of ether oxygens (including phenoxy) is 1. The van der Waals surface area contributed by atoms with Crippen molar-refractivity contribution in [3.63, 3.8) is 0 Å². The molecular formula is C31H39N7O2. The van der Waals surface area contributed by atoms with E-state index in [4.69, 9.17) is 25.4 Å². The van der Waals surface area contributed by atoms with Crippen LogP contribution in [-0.2, 0) is 17.8 Å². The zero-order chi connectivity index (χ0) is 27.8. The standard InChI is InChI=1S/C31H39N7O2/c1-18-15-36(19(2)26(18)32)30(39)23-10-24-28(34-14-23)38(17-21-12-31(3,13-21)40-4)29(35-24)25-11-22-6-5-9-33-27(22)37(25)16-20-7-8-20/h5-6,9-11,14,18-21,26H,7-8,12-13,15-17,32H2,1-4H3/t18-,19-,21?,26-,31?/m1/s1. The predicted molar refractivity (Wildman–Crippen MR) is 155 cm³/mol. The number of hydrogen-bond donors (Lipinski definition) is 1. The van der Waals surface area contributed by atoms with E-state index < -0.39 is 0 Å². The number of carbonyl (C=O) groups excluding carboxylic acids is 1. The quantitative estimate of drug-likeness (QED) is 0.370. The molecule has 210 valence electrons. The van der Waals surface area contributed by atoms with E-state index in [-0.39, 0.29) is 29.5 Å². The second-order valence-electron chi connectivity index (χ2n) is 12.8. The van der Waals surface area contributed by atoms with E-state index in [1.165, 1.54) is 12.8 Å². The van der Waals surface area contributed by atoms with Crippen LogP contribution in [0.4, 0.5) is 0 Å². The summed E-state index contributed by atoms with van der Waals surface area (Å²) in [7, 11) is 1.80. The molecule has 0 unspecified atom stereocenters. The highest BCUT2D eigenvalue weighted by Crippen LogP contribution is 2.43. The third kappa shape index (κ3) is 4.21. The molecule has 5 heterocycles. The zero-order valence-electron chi connectivity index (χ0n) is 23.9. The van der Waals surface area contributed by atoms with E-state index in [0.717, 1.165) is 59.6 Å². The molecule has 0 aromatic carbocycles. The van der Waals surface area contributed by atoms with Crippen molar-refractivity contribution in [2.75, 3.05) is 13.7 Å². The number of imidazole rings is 1. The fraction of sp³-hybridized carbons (Fsp3) is 0.548. The Morgan fingerprint density at radius 1 is 1.10 bits per heavy atom. The number of aromatic nitrogens is 5. The number of nitrogens with zero attached hydrogens (tertiary/aromatic N) is 6. The van der Waals surface area contributed by atoms with E-state index in [2.05, 4.69) is 35.1 Å². The summed E-state index contributed by atoms with van der Waals surface area (Å²) < 4.78 is 10.3. The molecule has 2 saturated carbocycles. The molecule has 0 bridgehead atoms. The fourth-order valence-corrected chi connectivity index (χ4v) is 6.94. The molecule has 1 saturated heterocycles. The first-order chi connectivity index (χ1) is 19.2. The number of carbonyl (C=O) groups is 1. The van der Waals surface area contributed by atoms with Gasteiger partial charge in [0.2, 0.25) is 0 Å². The van der Waals surface area contributed by atoms with Crippen LogP contribution in [0.3, 0.4) is 0 Å². The molecule has 40 heavy (non-hydrogen) atoms. The molecule has 3 atom stereocenters. The average molecular weight is 542 g/mol. The van der Waals surface area contributed by atoms with Crippen molar-refractivity contribution >= 4 is 28.1 Å². The van der Waals surface area contributed by atoms with Gasteiger partial charge in [0.05, 0.1) is 16.9 Å². The smallest absolute Gasteiger partial charge is 0.255 e. The second-order valence-corrected chi connectivity index (χ2v) is 12.8. The highest BCUT2D eigenvalue weighted by Gasteiger charge is 2.41. The van der Waals surface area contributed by atoms with Crippen LogP contribution < -0.4 is 5.73 Å². The summed E-state index contributed by atoms with van der Waals surface area (Å²) in [6.07, 6.45) is 8.09. The molecule has 7 rings (SSSR count).